The van der Waals surface area contributed by atoms with Gasteiger partial charge in [0.2, 0.25) is 0 Å². The average Bonchev–Trinajstić information content (AvgIpc) is 3.09. The SMILES string of the molecule is Cc1cnc2[nH]cc(CCc3cnc4c(ccn4C)c3)c2c1. The monoisotopic (exact) mass is 290 g/mol. The molecule has 0 aromatic carbocycles. The highest BCUT2D eigenvalue weighted by Crippen LogP contribution is 2.20. The molecule has 0 atom stereocenters. The predicted molar refractivity (Wildman–Crippen MR) is 89.0 cm³/mol. The molecule has 0 aliphatic carbocycles. The van der Waals surface area contributed by atoms with Gasteiger partial charge in [-0.05, 0) is 54.7 Å². The van der Waals surface area contributed by atoms with Crippen molar-refractivity contribution in [3.8, 4) is 0 Å². The molecule has 4 nitrogen and oxygen atoms in total. The summed E-state index contributed by atoms with van der Waals surface area (Å²) in [7, 11) is 2.02. The Morgan fingerprint density at radius 1 is 1.14 bits per heavy atom. The summed E-state index contributed by atoms with van der Waals surface area (Å²) in [6.07, 6.45) is 9.99. The van der Waals surface area contributed by atoms with Gasteiger partial charge in [-0.1, -0.05) is 0 Å². The maximum Gasteiger partial charge on any atom is 0.139 e. The summed E-state index contributed by atoms with van der Waals surface area (Å²) in [5.74, 6) is 0. The summed E-state index contributed by atoms with van der Waals surface area (Å²) >= 11 is 0. The summed E-state index contributed by atoms with van der Waals surface area (Å²) in [5.41, 5.74) is 5.79. The second kappa shape index (κ2) is 4.98. The lowest BCUT2D eigenvalue weighted by molar-refractivity contribution is 0.934. The van der Waals surface area contributed by atoms with E-state index in [4.69, 9.17) is 0 Å². The van der Waals surface area contributed by atoms with E-state index in [-0.39, 0.29) is 0 Å². The van der Waals surface area contributed by atoms with E-state index in [1.807, 2.05) is 24.0 Å². The zero-order valence-corrected chi connectivity index (χ0v) is 12.8. The van der Waals surface area contributed by atoms with Crippen molar-refractivity contribution in [3.05, 3.63) is 59.7 Å². The summed E-state index contributed by atoms with van der Waals surface area (Å²) in [6.45, 7) is 2.08. The van der Waals surface area contributed by atoms with E-state index in [1.54, 1.807) is 0 Å². The van der Waals surface area contributed by atoms with Crippen LogP contribution in [0.5, 0.6) is 0 Å². The Hall–Kier alpha value is -2.62. The van der Waals surface area contributed by atoms with Crippen molar-refractivity contribution >= 4 is 22.1 Å². The van der Waals surface area contributed by atoms with Crippen LogP contribution < -0.4 is 0 Å². The number of hydrogen-bond acceptors (Lipinski definition) is 2. The van der Waals surface area contributed by atoms with Gasteiger partial charge in [0.25, 0.3) is 0 Å². The van der Waals surface area contributed by atoms with Crippen LogP contribution in [0, 0.1) is 6.92 Å². The largest absolute Gasteiger partial charge is 0.346 e. The van der Waals surface area contributed by atoms with E-state index < -0.39 is 0 Å². The molecule has 0 saturated carbocycles. The van der Waals surface area contributed by atoms with E-state index in [2.05, 4.69) is 52.5 Å². The number of aromatic amines is 1. The highest BCUT2D eigenvalue weighted by molar-refractivity contribution is 5.80. The van der Waals surface area contributed by atoms with E-state index in [0.29, 0.717) is 0 Å². The highest BCUT2D eigenvalue weighted by atomic mass is 15.0. The molecule has 22 heavy (non-hydrogen) atoms. The summed E-state index contributed by atoms with van der Waals surface area (Å²) in [5, 5.41) is 2.44. The van der Waals surface area contributed by atoms with Crippen molar-refractivity contribution in [1.29, 1.82) is 0 Å². The number of rotatable bonds is 3. The fourth-order valence-electron chi connectivity index (χ4n) is 2.98. The molecule has 1 N–H and O–H groups in total. The van der Waals surface area contributed by atoms with E-state index in [0.717, 1.165) is 24.1 Å². The lowest BCUT2D eigenvalue weighted by atomic mass is 10.0. The summed E-state index contributed by atoms with van der Waals surface area (Å²) in [4.78, 5) is 12.2. The van der Waals surface area contributed by atoms with Crippen molar-refractivity contribution in [2.75, 3.05) is 0 Å². The van der Waals surface area contributed by atoms with Crippen LogP contribution in [0.4, 0.5) is 0 Å². The Morgan fingerprint density at radius 2 is 2.05 bits per heavy atom. The standard InChI is InChI=1S/C18H18N4/c1-12-7-16-15(11-20-17(16)19-9-12)4-3-13-8-14-5-6-22(2)18(14)21-10-13/h5-11H,3-4H2,1-2H3,(H,19,20). The Kier molecular flexibility index (Phi) is 2.96. The van der Waals surface area contributed by atoms with Gasteiger partial charge in [0.15, 0.2) is 0 Å². The van der Waals surface area contributed by atoms with Gasteiger partial charge in [-0.2, -0.15) is 0 Å². The van der Waals surface area contributed by atoms with Crippen LogP contribution >= 0.6 is 0 Å². The van der Waals surface area contributed by atoms with Crippen LogP contribution in [0.3, 0.4) is 0 Å². The molecule has 0 fully saturated rings. The molecule has 0 unspecified atom stereocenters. The second-order valence-electron chi connectivity index (χ2n) is 5.91. The van der Waals surface area contributed by atoms with Crippen LogP contribution in [0.2, 0.25) is 0 Å². The normalized spacial score (nSPS) is 11.5. The molecule has 0 radical (unpaired) electrons. The highest BCUT2D eigenvalue weighted by Gasteiger charge is 2.06. The number of pyridine rings is 2. The molecular weight excluding hydrogens is 272 g/mol. The third-order valence-corrected chi connectivity index (χ3v) is 4.20. The molecule has 0 aliphatic rings. The zero-order chi connectivity index (χ0) is 15.1. The van der Waals surface area contributed by atoms with Crippen LogP contribution in [0.25, 0.3) is 22.1 Å². The van der Waals surface area contributed by atoms with Gasteiger partial charge < -0.3 is 9.55 Å². The molecule has 0 spiro atoms. The van der Waals surface area contributed by atoms with Crippen molar-refractivity contribution < 1.29 is 0 Å². The molecule has 4 aromatic heterocycles. The van der Waals surface area contributed by atoms with Gasteiger partial charge in [0.05, 0.1) is 0 Å². The third kappa shape index (κ3) is 2.17. The first-order valence-corrected chi connectivity index (χ1v) is 7.53. The molecule has 110 valence electrons. The predicted octanol–water partition coefficient (Wildman–Crippen LogP) is 3.54. The van der Waals surface area contributed by atoms with Crippen molar-refractivity contribution in [2.24, 2.45) is 7.05 Å². The first kappa shape index (κ1) is 13.1. The third-order valence-electron chi connectivity index (χ3n) is 4.20. The number of nitrogens with one attached hydrogen (secondary N) is 1. The molecule has 4 rings (SSSR count). The van der Waals surface area contributed by atoms with Crippen LogP contribution in [-0.4, -0.2) is 19.5 Å². The van der Waals surface area contributed by atoms with Gasteiger partial charge in [0, 0.05) is 42.6 Å². The fourth-order valence-corrected chi connectivity index (χ4v) is 2.98. The molecule has 0 bridgehead atoms. The summed E-state index contributed by atoms with van der Waals surface area (Å²) in [6, 6.07) is 6.55. The van der Waals surface area contributed by atoms with Crippen molar-refractivity contribution in [2.45, 2.75) is 19.8 Å². The Labute approximate surface area is 128 Å². The minimum absolute atomic E-state index is 0.970. The van der Waals surface area contributed by atoms with Gasteiger partial charge in [-0.3, -0.25) is 0 Å². The maximum atomic E-state index is 4.56. The smallest absolute Gasteiger partial charge is 0.139 e. The molecule has 4 heterocycles. The minimum atomic E-state index is 0.970. The number of hydrogen-bond donors (Lipinski definition) is 1. The molecule has 0 aliphatic heterocycles. The van der Waals surface area contributed by atoms with Crippen molar-refractivity contribution in [3.63, 3.8) is 0 Å². The number of nitrogens with zero attached hydrogens (tertiary/aromatic N) is 3. The lowest BCUT2D eigenvalue weighted by Crippen LogP contribution is -1.93. The quantitative estimate of drug-likeness (QED) is 0.627. The Bertz CT molecular complexity index is 962. The Balaban J connectivity index is 1.61. The Morgan fingerprint density at radius 3 is 2.95 bits per heavy atom. The molecule has 0 amide bonds. The maximum absolute atomic E-state index is 4.56. The van der Waals surface area contributed by atoms with Gasteiger partial charge in [-0.15, -0.1) is 0 Å². The van der Waals surface area contributed by atoms with Crippen molar-refractivity contribution in [1.82, 2.24) is 19.5 Å². The molecule has 4 heteroatoms. The van der Waals surface area contributed by atoms with Gasteiger partial charge in [-0.25, -0.2) is 9.97 Å². The van der Waals surface area contributed by atoms with E-state index in [1.165, 1.54) is 27.5 Å². The lowest BCUT2D eigenvalue weighted by Gasteiger charge is -2.02. The van der Waals surface area contributed by atoms with Crippen LogP contribution in [0.1, 0.15) is 16.7 Å². The summed E-state index contributed by atoms with van der Waals surface area (Å²) < 4.78 is 2.05. The molecule has 0 saturated heterocycles. The number of aryl methyl sites for hydroxylation is 4. The minimum Gasteiger partial charge on any atom is -0.346 e. The zero-order valence-electron chi connectivity index (χ0n) is 12.8. The van der Waals surface area contributed by atoms with Gasteiger partial charge in [0.1, 0.15) is 11.3 Å². The first-order valence-electron chi connectivity index (χ1n) is 7.53. The average molecular weight is 290 g/mol. The van der Waals surface area contributed by atoms with E-state index >= 15 is 0 Å². The first-order chi connectivity index (χ1) is 10.7. The fraction of sp³-hybridized carbons (Fsp3) is 0.222. The van der Waals surface area contributed by atoms with Gasteiger partial charge >= 0.3 is 0 Å². The number of H-pyrrole nitrogens is 1. The molecule has 4 aromatic rings. The number of aromatic nitrogens is 4. The number of fused-ring (bicyclic) bond motifs is 2. The van der Waals surface area contributed by atoms with E-state index in [9.17, 15) is 0 Å². The second-order valence-corrected chi connectivity index (χ2v) is 5.91. The molecular formula is C18H18N4. The van der Waals surface area contributed by atoms with Crippen LogP contribution in [-0.2, 0) is 19.9 Å². The van der Waals surface area contributed by atoms with Crippen LogP contribution in [0.15, 0.2) is 43.0 Å². The topological polar surface area (TPSA) is 46.5 Å².